The molecule has 228 valence electrons. The van der Waals surface area contributed by atoms with Gasteiger partial charge in [-0.2, -0.15) is 0 Å². The van der Waals surface area contributed by atoms with E-state index in [0.29, 0.717) is 25.7 Å². The van der Waals surface area contributed by atoms with Gasteiger partial charge in [0, 0.05) is 18.3 Å². The Morgan fingerprint density at radius 2 is 1.20 bits per heavy atom. The lowest BCUT2D eigenvalue weighted by atomic mass is 9.91. The van der Waals surface area contributed by atoms with Crippen molar-refractivity contribution in [2.24, 2.45) is 17.8 Å². The third-order valence-electron chi connectivity index (χ3n) is 7.50. The third kappa shape index (κ3) is 14.5. The minimum absolute atomic E-state index is 0.00951. The fourth-order valence-electron chi connectivity index (χ4n) is 4.52. The third-order valence-corrected chi connectivity index (χ3v) is 7.50. The Kier molecular flexibility index (Phi) is 17.9. The van der Waals surface area contributed by atoms with Crippen molar-refractivity contribution in [1.29, 1.82) is 0 Å². The van der Waals surface area contributed by atoms with E-state index in [1.54, 1.807) is 32.1 Å². The van der Waals surface area contributed by atoms with E-state index in [-0.39, 0.29) is 31.3 Å². The lowest BCUT2D eigenvalue weighted by molar-refractivity contribution is -0.159. The normalized spacial score (nSPS) is 41.0. The maximum absolute atomic E-state index is 12.7. The van der Waals surface area contributed by atoms with Gasteiger partial charge in [0.2, 0.25) is 0 Å². The van der Waals surface area contributed by atoms with Gasteiger partial charge in [-0.1, -0.05) is 81.5 Å². The number of rotatable bonds is 1. The van der Waals surface area contributed by atoms with Crippen LogP contribution in [0.15, 0.2) is 60.8 Å². The van der Waals surface area contributed by atoms with Gasteiger partial charge in [-0.15, -0.1) is 0 Å². The lowest BCUT2D eigenvalue weighted by Crippen LogP contribution is -2.34. The minimum atomic E-state index is -1.07. The summed E-state index contributed by atoms with van der Waals surface area (Å²) in [4.78, 5) is 12.7. The SMILES string of the molecule is CCC1OC(=O)C(C)C(O)CC(O)CCCC(O)CC(O)CC(O)C(C)C(O)/C=C/C=C/C=C/C=C/C=C/C1C. The van der Waals surface area contributed by atoms with Crippen LogP contribution in [-0.2, 0) is 9.53 Å². The predicted octanol–water partition coefficient (Wildman–Crippen LogP) is 3.52. The zero-order valence-corrected chi connectivity index (χ0v) is 24.5. The van der Waals surface area contributed by atoms with E-state index < -0.39 is 54.4 Å². The highest BCUT2D eigenvalue weighted by Gasteiger charge is 2.29. The van der Waals surface area contributed by atoms with Crippen LogP contribution in [0.1, 0.15) is 72.6 Å². The highest BCUT2D eigenvalue weighted by Crippen LogP contribution is 2.21. The summed E-state index contributed by atoms with van der Waals surface area (Å²) in [5.41, 5.74) is 0. The number of allylic oxidation sites excluding steroid dienone is 8. The van der Waals surface area contributed by atoms with Crippen molar-refractivity contribution in [2.45, 2.75) is 115 Å². The highest BCUT2D eigenvalue weighted by molar-refractivity contribution is 5.72. The van der Waals surface area contributed by atoms with Crippen LogP contribution in [0.25, 0.3) is 0 Å². The average Bonchev–Trinajstić information content (AvgIpc) is 2.90. The summed E-state index contributed by atoms with van der Waals surface area (Å²) < 4.78 is 5.68. The molecular weight excluding hydrogens is 512 g/mol. The van der Waals surface area contributed by atoms with E-state index in [1.165, 1.54) is 0 Å². The molecule has 0 saturated carbocycles. The van der Waals surface area contributed by atoms with Gasteiger partial charge < -0.3 is 35.4 Å². The number of esters is 1. The molecule has 10 unspecified atom stereocenters. The van der Waals surface area contributed by atoms with Crippen LogP contribution in [0.4, 0.5) is 0 Å². The van der Waals surface area contributed by atoms with Gasteiger partial charge in [0.25, 0.3) is 0 Å². The van der Waals surface area contributed by atoms with Gasteiger partial charge in [0.1, 0.15) is 6.10 Å². The fourth-order valence-corrected chi connectivity index (χ4v) is 4.52. The maximum atomic E-state index is 12.7. The smallest absolute Gasteiger partial charge is 0.311 e. The molecule has 0 spiro atoms. The van der Waals surface area contributed by atoms with Gasteiger partial charge in [-0.25, -0.2) is 0 Å². The van der Waals surface area contributed by atoms with Crippen LogP contribution in [0.2, 0.25) is 0 Å². The lowest BCUT2D eigenvalue weighted by Gasteiger charge is -2.26. The van der Waals surface area contributed by atoms with Gasteiger partial charge >= 0.3 is 5.97 Å². The highest BCUT2D eigenvalue weighted by atomic mass is 16.5. The summed E-state index contributed by atoms with van der Waals surface area (Å²) in [6.07, 6.45) is 14.0. The fraction of sp³-hybridized carbons (Fsp3) is 0.656. The molecule has 0 aromatic carbocycles. The summed E-state index contributed by atoms with van der Waals surface area (Å²) in [6.45, 7) is 7.18. The summed E-state index contributed by atoms with van der Waals surface area (Å²) in [7, 11) is 0. The molecule has 0 aliphatic carbocycles. The van der Waals surface area contributed by atoms with E-state index in [1.807, 2.05) is 56.4 Å². The maximum Gasteiger partial charge on any atom is 0.311 e. The molecule has 6 N–H and O–H groups in total. The zero-order chi connectivity index (χ0) is 30.1. The summed E-state index contributed by atoms with van der Waals surface area (Å²) in [5, 5.41) is 62.3. The van der Waals surface area contributed by atoms with Gasteiger partial charge in [0.05, 0.1) is 42.5 Å². The predicted molar refractivity (Wildman–Crippen MR) is 157 cm³/mol. The Balaban J connectivity index is 2.94. The molecule has 0 radical (unpaired) electrons. The molecule has 10 atom stereocenters. The Morgan fingerprint density at radius 1 is 0.700 bits per heavy atom. The second-order valence-electron chi connectivity index (χ2n) is 11.0. The quantitative estimate of drug-likeness (QED) is 0.265. The second kappa shape index (κ2) is 19.9. The number of hydrogen-bond acceptors (Lipinski definition) is 8. The molecule has 0 saturated heterocycles. The molecule has 0 amide bonds. The van der Waals surface area contributed by atoms with Crippen molar-refractivity contribution in [2.75, 3.05) is 0 Å². The van der Waals surface area contributed by atoms with Crippen LogP contribution in [0.3, 0.4) is 0 Å². The Bertz CT molecular complexity index is 848. The van der Waals surface area contributed by atoms with Crippen molar-refractivity contribution in [3.63, 3.8) is 0 Å². The second-order valence-corrected chi connectivity index (χ2v) is 11.0. The molecule has 40 heavy (non-hydrogen) atoms. The number of carbonyl (C=O) groups excluding carboxylic acids is 1. The molecule has 0 bridgehead atoms. The molecule has 1 aliphatic rings. The van der Waals surface area contributed by atoms with Crippen LogP contribution in [0.5, 0.6) is 0 Å². The van der Waals surface area contributed by atoms with Gasteiger partial charge in [-0.05, 0) is 45.4 Å². The van der Waals surface area contributed by atoms with Crippen molar-refractivity contribution in [3.05, 3.63) is 60.8 Å². The van der Waals surface area contributed by atoms with Gasteiger partial charge in [0.15, 0.2) is 0 Å². The van der Waals surface area contributed by atoms with Crippen molar-refractivity contribution >= 4 is 5.97 Å². The molecular formula is C32H52O8. The molecule has 0 aromatic rings. The number of carbonyl (C=O) groups is 1. The molecule has 0 fully saturated rings. The first-order valence-electron chi connectivity index (χ1n) is 14.6. The molecule has 8 nitrogen and oxygen atoms in total. The molecule has 0 aromatic heterocycles. The van der Waals surface area contributed by atoms with Crippen LogP contribution >= 0.6 is 0 Å². The standard InChI is InChI=1S/C32H52O8/c1-5-31-22(2)15-12-10-8-6-7-9-11-13-18-28(36)23(3)29(37)21-27(35)19-25(33)16-14-17-26(34)20-30(38)24(4)32(39)40-31/h6-13,15,18,22-31,33-38H,5,14,16-17,19-21H2,1-4H3/b7-6+,10-8+,11-9+,15-12+,18-13+. The molecule has 1 rings (SSSR count). The molecule has 8 heteroatoms. The first-order valence-corrected chi connectivity index (χ1v) is 14.6. The molecule has 1 aliphatic heterocycles. The van der Waals surface area contributed by atoms with Gasteiger partial charge in [-0.3, -0.25) is 4.79 Å². The van der Waals surface area contributed by atoms with Crippen LogP contribution in [0, 0.1) is 17.8 Å². The Labute approximate surface area is 240 Å². The monoisotopic (exact) mass is 564 g/mol. The van der Waals surface area contributed by atoms with E-state index in [2.05, 4.69) is 0 Å². The average molecular weight is 565 g/mol. The Morgan fingerprint density at radius 3 is 1.77 bits per heavy atom. The van der Waals surface area contributed by atoms with Crippen LogP contribution < -0.4 is 0 Å². The van der Waals surface area contributed by atoms with E-state index in [9.17, 15) is 35.4 Å². The van der Waals surface area contributed by atoms with E-state index in [4.69, 9.17) is 4.74 Å². The number of aliphatic hydroxyl groups excluding tert-OH is 6. The Hall–Kier alpha value is -2.07. The number of aliphatic hydroxyl groups is 6. The number of hydrogen-bond donors (Lipinski definition) is 6. The summed E-state index contributed by atoms with van der Waals surface area (Å²) in [6, 6.07) is 0. The largest absolute Gasteiger partial charge is 0.461 e. The number of cyclic esters (lactones) is 1. The van der Waals surface area contributed by atoms with Crippen molar-refractivity contribution in [1.82, 2.24) is 0 Å². The van der Waals surface area contributed by atoms with Crippen molar-refractivity contribution in [3.8, 4) is 0 Å². The first kappa shape index (κ1) is 36.0. The topological polar surface area (TPSA) is 148 Å². The minimum Gasteiger partial charge on any atom is -0.461 e. The van der Waals surface area contributed by atoms with Crippen LogP contribution in [-0.4, -0.2) is 79.3 Å². The molecule has 1 heterocycles. The summed E-state index contributed by atoms with van der Waals surface area (Å²) >= 11 is 0. The number of ether oxygens (including phenoxy) is 1. The van der Waals surface area contributed by atoms with Crippen molar-refractivity contribution < 1.29 is 40.2 Å². The first-order chi connectivity index (χ1) is 19.0. The van der Waals surface area contributed by atoms with E-state index in [0.717, 1.165) is 0 Å². The van der Waals surface area contributed by atoms with E-state index >= 15 is 0 Å². The zero-order valence-electron chi connectivity index (χ0n) is 24.5. The summed E-state index contributed by atoms with van der Waals surface area (Å²) in [5.74, 6) is -1.85.